The third-order valence-corrected chi connectivity index (χ3v) is 5.81. The van der Waals surface area contributed by atoms with E-state index in [1.54, 1.807) is 31.2 Å². The van der Waals surface area contributed by atoms with Crippen molar-refractivity contribution in [2.75, 3.05) is 38.2 Å². The molecule has 9 nitrogen and oxygen atoms in total. The van der Waals surface area contributed by atoms with Crippen LogP contribution >= 0.6 is 0 Å². The van der Waals surface area contributed by atoms with E-state index < -0.39 is 12.1 Å². The standard InChI is InChI=1S/C23H28FN5O4/c1-3-26-23(31)32-14-18-13-20(22(30)25-2)29(33-18)17-8-10-28(11-9-17)21-7-4-15-12-16(24)5-6-19(15)27-21/h4-7,12-13,17,20H,3,8-11,14H2,1-2H3,(H,25,30)(H,26,31). The Kier molecular flexibility index (Phi) is 6.93. The van der Waals surface area contributed by atoms with E-state index in [-0.39, 0.29) is 24.4 Å². The lowest BCUT2D eigenvalue weighted by Crippen LogP contribution is -2.50. The van der Waals surface area contributed by atoms with E-state index in [0.29, 0.717) is 12.3 Å². The number of anilines is 1. The highest BCUT2D eigenvalue weighted by Gasteiger charge is 2.39. The van der Waals surface area contributed by atoms with Crippen molar-refractivity contribution in [1.82, 2.24) is 20.7 Å². The second kappa shape index (κ2) is 10.0. The van der Waals surface area contributed by atoms with Crippen LogP contribution in [-0.4, -0.2) is 67.4 Å². The molecule has 176 valence electrons. The SMILES string of the molecule is CCNC(=O)OCC1=CC(C(=O)NC)N(C2CCN(c3ccc4cc(F)ccc4n3)CC2)O1. The van der Waals surface area contributed by atoms with E-state index in [4.69, 9.17) is 9.57 Å². The predicted molar refractivity (Wildman–Crippen MR) is 121 cm³/mol. The molecular formula is C23H28FN5O4. The molecule has 3 heterocycles. The summed E-state index contributed by atoms with van der Waals surface area (Å²) in [6.07, 6.45) is 2.68. The summed E-state index contributed by atoms with van der Waals surface area (Å²) in [5, 5.41) is 7.68. The number of carbonyl (C=O) groups excluding carboxylic acids is 2. The third-order valence-electron chi connectivity index (χ3n) is 5.81. The Morgan fingerprint density at radius 2 is 2.03 bits per heavy atom. The largest absolute Gasteiger partial charge is 0.441 e. The summed E-state index contributed by atoms with van der Waals surface area (Å²) in [5.74, 6) is 0.806. The average Bonchev–Trinajstić information content (AvgIpc) is 3.26. The van der Waals surface area contributed by atoms with Gasteiger partial charge in [0.2, 0.25) is 5.91 Å². The number of pyridine rings is 1. The molecule has 2 aliphatic rings. The quantitative estimate of drug-likeness (QED) is 0.687. The van der Waals surface area contributed by atoms with Crippen molar-refractivity contribution in [3.63, 3.8) is 0 Å². The summed E-state index contributed by atoms with van der Waals surface area (Å²) in [7, 11) is 1.58. The van der Waals surface area contributed by atoms with Crippen molar-refractivity contribution in [1.29, 1.82) is 0 Å². The number of amides is 2. The van der Waals surface area contributed by atoms with E-state index >= 15 is 0 Å². The number of nitrogens with one attached hydrogen (secondary N) is 2. The second-order valence-corrected chi connectivity index (χ2v) is 7.97. The molecule has 2 N–H and O–H groups in total. The molecule has 2 aromatic rings. The molecule has 0 spiro atoms. The van der Waals surface area contributed by atoms with Gasteiger partial charge in [-0.3, -0.25) is 4.79 Å². The summed E-state index contributed by atoms with van der Waals surface area (Å²) in [4.78, 5) is 36.8. The Morgan fingerprint density at radius 1 is 1.24 bits per heavy atom. The Morgan fingerprint density at radius 3 is 2.76 bits per heavy atom. The van der Waals surface area contributed by atoms with Gasteiger partial charge in [0, 0.05) is 32.1 Å². The number of halogens is 1. The first-order valence-corrected chi connectivity index (χ1v) is 11.1. The maximum atomic E-state index is 13.4. The predicted octanol–water partition coefficient (Wildman–Crippen LogP) is 2.33. The number of hydroxylamine groups is 2. The van der Waals surface area contributed by atoms with E-state index in [0.717, 1.165) is 42.7 Å². The third kappa shape index (κ3) is 5.16. The lowest BCUT2D eigenvalue weighted by molar-refractivity contribution is -0.169. The molecule has 0 radical (unpaired) electrons. The fourth-order valence-corrected chi connectivity index (χ4v) is 4.13. The van der Waals surface area contributed by atoms with E-state index in [9.17, 15) is 14.0 Å². The Labute approximate surface area is 191 Å². The zero-order valence-corrected chi connectivity index (χ0v) is 18.7. The number of hydrogen-bond donors (Lipinski definition) is 2. The fourth-order valence-electron chi connectivity index (χ4n) is 4.13. The summed E-state index contributed by atoms with van der Waals surface area (Å²) in [6, 6.07) is 7.77. The van der Waals surface area contributed by atoms with Gasteiger partial charge in [-0.15, -0.1) is 5.06 Å². The van der Waals surface area contributed by atoms with E-state index in [1.807, 2.05) is 12.1 Å². The van der Waals surface area contributed by atoms with Crippen molar-refractivity contribution in [3.05, 3.63) is 48.0 Å². The molecule has 1 fully saturated rings. The number of rotatable bonds is 6. The molecule has 2 amide bonds. The van der Waals surface area contributed by atoms with Gasteiger partial charge >= 0.3 is 6.09 Å². The zero-order chi connectivity index (χ0) is 23.4. The highest BCUT2D eigenvalue weighted by molar-refractivity contribution is 5.84. The van der Waals surface area contributed by atoms with Gasteiger partial charge in [-0.1, -0.05) is 0 Å². The van der Waals surface area contributed by atoms with Crippen LogP contribution in [0, 0.1) is 5.82 Å². The monoisotopic (exact) mass is 457 g/mol. The summed E-state index contributed by atoms with van der Waals surface area (Å²) in [6.45, 7) is 3.68. The van der Waals surface area contributed by atoms with Crippen LogP contribution in [0.5, 0.6) is 0 Å². The van der Waals surface area contributed by atoms with E-state index in [2.05, 4.69) is 20.5 Å². The summed E-state index contributed by atoms with van der Waals surface area (Å²) < 4.78 is 18.6. The van der Waals surface area contributed by atoms with Crippen LogP contribution in [0.15, 0.2) is 42.2 Å². The van der Waals surface area contributed by atoms with Crippen LogP contribution in [-0.2, 0) is 14.4 Å². The van der Waals surface area contributed by atoms with Crippen molar-refractivity contribution in [2.24, 2.45) is 0 Å². The first-order valence-electron chi connectivity index (χ1n) is 11.1. The van der Waals surface area contributed by atoms with Crippen LogP contribution < -0.4 is 15.5 Å². The number of fused-ring (bicyclic) bond motifs is 1. The number of piperidine rings is 1. The average molecular weight is 458 g/mol. The number of ether oxygens (including phenoxy) is 1. The van der Waals surface area contributed by atoms with Crippen molar-refractivity contribution >= 4 is 28.7 Å². The van der Waals surface area contributed by atoms with Gasteiger partial charge in [-0.25, -0.2) is 14.2 Å². The number of benzene rings is 1. The van der Waals surface area contributed by atoms with E-state index in [1.165, 1.54) is 12.1 Å². The number of alkyl carbamates (subject to hydrolysis) is 1. The van der Waals surface area contributed by atoms with Crippen LogP contribution in [0.1, 0.15) is 19.8 Å². The minimum absolute atomic E-state index is 0.0105. The van der Waals surface area contributed by atoms with Gasteiger partial charge in [-0.05, 0) is 56.2 Å². The van der Waals surface area contributed by atoms with Crippen LogP contribution in [0.3, 0.4) is 0 Å². The molecule has 0 aliphatic carbocycles. The van der Waals surface area contributed by atoms with Crippen molar-refractivity contribution in [3.8, 4) is 0 Å². The first-order chi connectivity index (χ1) is 16.0. The lowest BCUT2D eigenvalue weighted by Gasteiger charge is -2.38. The molecule has 33 heavy (non-hydrogen) atoms. The van der Waals surface area contributed by atoms with Crippen LogP contribution in [0.2, 0.25) is 0 Å². The summed E-state index contributed by atoms with van der Waals surface area (Å²) >= 11 is 0. The van der Waals surface area contributed by atoms with Crippen LogP contribution in [0.25, 0.3) is 10.9 Å². The summed E-state index contributed by atoms with van der Waals surface area (Å²) in [5.41, 5.74) is 0.750. The van der Waals surface area contributed by atoms with Crippen molar-refractivity contribution in [2.45, 2.75) is 31.8 Å². The number of carbonyl (C=O) groups is 2. The molecule has 1 aromatic carbocycles. The number of likely N-dealkylation sites (N-methyl/N-ethyl adjacent to an activating group) is 1. The van der Waals surface area contributed by atoms with Gasteiger partial charge in [0.05, 0.1) is 11.6 Å². The maximum Gasteiger partial charge on any atom is 0.407 e. The molecule has 10 heteroatoms. The molecule has 0 saturated carbocycles. The minimum atomic E-state index is -0.590. The molecule has 4 rings (SSSR count). The number of hydrogen-bond acceptors (Lipinski definition) is 7. The molecule has 1 atom stereocenters. The Balaban J connectivity index is 1.39. The molecule has 0 bridgehead atoms. The molecule has 1 aromatic heterocycles. The van der Waals surface area contributed by atoms with Gasteiger partial charge < -0.3 is 25.1 Å². The van der Waals surface area contributed by atoms with Gasteiger partial charge in [0.15, 0.2) is 12.4 Å². The van der Waals surface area contributed by atoms with Gasteiger partial charge in [-0.2, -0.15) is 0 Å². The zero-order valence-electron chi connectivity index (χ0n) is 18.7. The van der Waals surface area contributed by atoms with Crippen molar-refractivity contribution < 1.29 is 23.6 Å². The topological polar surface area (TPSA) is 96.0 Å². The first kappa shape index (κ1) is 22.8. The van der Waals surface area contributed by atoms with Crippen LogP contribution in [0.4, 0.5) is 15.0 Å². The second-order valence-electron chi connectivity index (χ2n) is 7.97. The molecular weight excluding hydrogens is 429 g/mol. The lowest BCUT2D eigenvalue weighted by atomic mass is 10.0. The number of nitrogens with zero attached hydrogens (tertiary/aromatic N) is 3. The van der Waals surface area contributed by atoms with Gasteiger partial charge in [0.1, 0.15) is 17.7 Å². The molecule has 2 aliphatic heterocycles. The molecule has 1 unspecified atom stereocenters. The number of aromatic nitrogens is 1. The minimum Gasteiger partial charge on any atom is -0.441 e. The smallest absolute Gasteiger partial charge is 0.407 e. The molecule has 1 saturated heterocycles. The Bertz CT molecular complexity index is 1050. The Hall–Kier alpha value is -3.40. The highest BCUT2D eigenvalue weighted by atomic mass is 19.1. The maximum absolute atomic E-state index is 13.4. The fraction of sp³-hybridized carbons (Fsp3) is 0.435. The normalized spacial score (nSPS) is 19.2. The highest BCUT2D eigenvalue weighted by Crippen LogP contribution is 2.29. The van der Waals surface area contributed by atoms with Gasteiger partial charge in [0.25, 0.3) is 0 Å².